The Morgan fingerprint density at radius 3 is 2.61 bits per heavy atom. The second-order valence-corrected chi connectivity index (χ2v) is 11.6. The largest absolute Gasteiger partial charge is 0.300 e. The first kappa shape index (κ1) is 18.8. The molecule has 2 atom stereocenters. The summed E-state index contributed by atoms with van der Waals surface area (Å²) in [5.74, 6) is 1.68. The lowest BCUT2D eigenvalue weighted by Crippen LogP contribution is -2.57. The van der Waals surface area contributed by atoms with Gasteiger partial charge in [-0.2, -0.15) is 0 Å². The monoisotopic (exact) mass is 437 g/mol. The predicted octanol–water partition coefficient (Wildman–Crippen LogP) is 5.49. The number of nitrogens with zero attached hydrogens (tertiary/aromatic N) is 2. The maximum atomic E-state index is 13.2. The highest BCUT2D eigenvalue weighted by atomic mass is 35.5. The van der Waals surface area contributed by atoms with Crippen LogP contribution in [0.4, 0.5) is 9.52 Å². The molecule has 4 aliphatic rings. The Balaban J connectivity index is 1.23. The van der Waals surface area contributed by atoms with E-state index in [-0.39, 0.29) is 22.0 Å². The molecule has 6 rings (SSSR count). The summed E-state index contributed by atoms with van der Waals surface area (Å²) < 4.78 is 13.8. The highest BCUT2D eigenvalue weighted by Crippen LogP contribution is 2.64. The van der Waals surface area contributed by atoms with Gasteiger partial charge in [-0.15, -0.1) is 21.8 Å². The van der Waals surface area contributed by atoms with E-state index in [2.05, 4.69) is 15.5 Å². The Labute approximate surface area is 176 Å². The molecule has 8 heteroatoms. The molecule has 2 unspecified atom stereocenters. The van der Waals surface area contributed by atoms with Gasteiger partial charge in [-0.1, -0.05) is 35.2 Å². The van der Waals surface area contributed by atoms with Gasteiger partial charge in [0.25, 0.3) is 0 Å². The Kier molecular flexibility index (Phi) is 4.68. The van der Waals surface area contributed by atoms with Crippen molar-refractivity contribution in [2.24, 2.45) is 17.3 Å². The molecule has 1 aromatic carbocycles. The molecule has 4 aliphatic carbocycles. The number of hydrogen-bond donors (Lipinski definition) is 1. The number of thioether (sulfide) groups is 1. The van der Waals surface area contributed by atoms with Gasteiger partial charge in [-0.3, -0.25) is 4.79 Å². The number of carbonyl (C=O) groups excluding carboxylic acids is 1. The van der Waals surface area contributed by atoms with E-state index in [9.17, 15) is 9.18 Å². The van der Waals surface area contributed by atoms with Crippen LogP contribution >= 0.6 is 34.7 Å². The molecule has 0 radical (unpaired) electrons. The van der Waals surface area contributed by atoms with Crippen molar-refractivity contribution in [1.82, 2.24) is 10.2 Å². The molecule has 1 N–H and O–H groups in total. The Bertz CT molecular complexity index is 889. The number of alkyl halides is 1. The topological polar surface area (TPSA) is 54.9 Å². The van der Waals surface area contributed by atoms with E-state index in [1.807, 2.05) is 0 Å². The third-order valence-corrected chi connectivity index (χ3v) is 8.86. The lowest BCUT2D eigenvalue weighted by molar-refractivity contribution is -0.138. The Hall–Kier alpha value is -1.18. The van der Waals surface area contributed by atoms with Crippen LogP contribution in [-0.2, 0) is 10.5 Å². The van der Waals surface area contributed by atoms with Gasteiger partial charge in [-0.05, 0) is 68.1 Å². The summed E-state index contributed by atoms with van der Waals surface area (Å²) in [6.07, 6.45) is 6.04. The van der Waals surface area contributed by atoms with Crippen LogP contribution < -0.4 is 5.32 Å². The van der Waals surface area contributed by atoms with E-state index < -0.39 is 0 Å². The first-order valence-corrected chi connectivity index (χ1v) is 11.8. The Morgan fingerprint density at radius 1 is 1.21 bits per heavy atom. The molecule has 148 valence electrons. The van der Waals surface area contributed by atoms with Gasteiger partial charge in [0.2, 0.25) is 11.0 Å². The molecule has 28 heavy (non-hydrogen) atoms. The second kappa shape index (κ2) is 6.96. The quantitative estimate of drug-likeness (QED) is 0.382. The predicted molar refractivity (Wildman–Crippen MR) is 110 cm³/mol. The number of aromatic nitrogens is 2. The molecule has 4 nitrogen and oxygen atoms in total. The van der Waals surface area contributed by atoms with Gasteiger partial charge in [0.05, 0.1) is 5.41 Å². The molecule has 4 bridgehead atoms. The minimum atomic E-state index is -0.334. The summed E-state index contributed by atoms with van der Waals surface area (Å²) in [5, 5.41) is 11.9. The minimum absolute atomic E-state index is 0.0675. The number of nitrogens with one attached hydrogen (secondary N) is 1. The average molecular weight is 438 g/mol. The van der Waals surface area contributed by atoms with Crippen molar-refractivity contribution < 1.29 is 9.18 Å². The molecule has 2 aromatic rings. The first-order valence-electron chi connectivity index (χ1n) is 9.63. The van der Waals surface area contributed by atoms with Crippen LogP contribution in [0.3, 0.4) is 0 Å². The fourth-order valence-electron chi connectivity index (χ4n) is 5.69. The number of benzene rings is 1. The number of halogens is 2. The van der Waals surface area contributed by atoms with Crippen LogP contribution in [0.15, 0.2) is 28.6 Å². The Morgan fingerprint density at radius 2 is 1.93 bits per heavy atom. The van der Waals surface area contributed by atoms with Crippen LogP contribution in [0.25, 0.3) is 0 Å². The van der Waals surface area contributed by atoms with Gasteiger partial charge in [0.15, 0.2) is 4.34 Å². The summed E-state index contributed by atoms with van der Waals surface area (Å²) in [7, 11) is 0. The van der Waals surface area contributed by atoms with Gasteiger partial charge in [0.1, 0.15) is 5.82 Å². The van der Waals surface area contributed by atoms with Crippen molar-refractivity contribution in [2.75, 3.05) is 5.32 Å². The first-order chi connectivity index (χ1) is 13.4. The molecule has 0 saturated heterocycles. The fourth-order valence-corrected chi connectivity index (χ4v) is 8.09. The van der Waals surface area contributed by atoms with E-state index in [1.54, 1.807) is 12.1 Å². The van der Waals surface area contributed by atoms with Crippen LogP contribution in [-0.4, -0.2) is 21.0 Å². The molecular formula is C20H21ClFN3OS2. The van der Waals surface area contributed by atoms with Crippen molar-refractivity contribution >= 4 is 45.7 Å². The lowest BCUT2D eigenvalue weighted by atomic mass is 9.49. The highest BCUT2D eigenvalue weighted by Gasteiger charge is 2.60. The zero-order valence-electron chi connectivity index (χ0n) is 15.3. The number of amides is 1. The van der Waals surface area contributed by atoms with E-state index >= 15 is 0 Å². The normalized spacial score (nSPS) is 33.2. The molecule has 1 amide bonds. The molecule has 0 spiro atoms. The summed E-state index contributed by atoms with van der Waals surface area (Å²) >= 11 is 9.77. The minimum Gasteiger partial charge on any atom is -0.300 e. The van der Waals surface area contributed by atoms with Crippen molar-refractivity contribution in [1.29, 1.82) is 0 Å². The van der Waals surface area contributed by atoms with Crippen LogP contribution in [0, 0.1) is 23.1 Å². The molecular weight excluding hydrogens is 417 g/mol. The zero-order chi connectivity index (χ0) is 19.4. The van der Waals surface area contributed by atoms with Crippen LogP contribution in [0.1, 0.15) is 44.1 Å². The summed E-state index contributed by atoms with van der Waals surface area (Å²) in [6.45, 7) is 0. The molecule has 1 heterocycles. The number of anilines is 1. The van der Waals surface area contributed by atoms with E-state index in [1.165, 1.54) is 41.7 Å². The van der Waals surface area contributed by atoms with Gasteiger partial charge < -0.3 is 5.32 Å². The third-order valence-electron chi connectivity index (χ3n) is 6.37. The molecule has 1 aromatic heterocycles. The van der Waals surface area contributed by atoms with Crippen LogP contribution in [0.5, 0.6) is 0 Å². The fraction of sp³-hybridized carbons (Fsp3) is 0.550. The number of hydrogen-bond acceptors (Lipinski definition) is 5. The third kappa shape index (κ3) is 3.57. The summed E-state index contributed by atoms with van der Waals surface area (Å²) in [5.41, 5.74) is 0.687. The summed E-state index contributed by atoms with van der Waals surface area (Å²) in [4.78, 5) is 13.0. The smallest absolute Gasteiger partial charge is 0.232 e. The summed E-state index contributed by atoms with van der Waals surface area (Å²) in [6, 6.07) is 6.44. The maximum Gasteiger partial charge on any atom is 0.232 e. The number of rotatable bonds is 5. The maximum absolute atomic E-state index is 13.2. The highest BCUT2D eigenvalue weighted by molar-refractivity contribution is 8.00. The molecule has 0 aliphatic heterocycles. The lowest BCUT2D eigenvalue weighted by Gasteiger charge is -2.59. The van der Waals surface area contributed by atoms with Crippen LogP contribution in [0.2, 0.25) is 0 Å². The van der Waals surface area contributed by atoms with E-state index in [4.69, 9.17) is 11.6 Å². The van der Waals surface area contributed by atoms with Gasteiger partial charge in [0, 0.05) is 10.6 Å². The van der Waals surface area contributed by atoms with E-state index in [0.717, 1.165) is 42.0 Å². The van der Waals surface area contributed by atoms with Crippen molar-refractivity contribution in [2.45, 2.75) is 53.5 Å². The van der Waals surface area contributed by atoms with Gasteiger partial charge in [-0.25, -0.2) is 4.39 Å². The van der Waals surface area contributed by atoms with Crippen molar-refractivity contribution in [3.05, 3.63) is 35.6 Å². The average Bonchev–Trinajstić information content (AvgIpc) is 3.06. The van der Waals surface area contributed by atoms with Crippen molar-refractivity contribution in [3.8, 4) is 0 Å². The standard InChI is InChI=1S/C20H21ClFN3OS2/c21-20-8-13-5-14(9-20)7-19(6-13,11-20)16(26)23-17-24-25-18(28-17)27-10-12-1-3-15(22)4-2-12/h1-4,13-14H,5-11H2,(H,23,24,26). The molecule has 4 fully saturated rings. The molecule has 4 saturated carbocycles. The number of carbonyl (C=O) groups is 1. The van der Waals surface area contributed by atoms with Gasteiger partial charge >= 0.3 is 0 Å². The van der Waals surface area contributed by atoms with Crippen molar-refractivity contribution in [3.63, 3.8) is 0 Å². The van der Waals surface area contributed by atoms with E-state index in [0.29, 0.717) is 22.7 Å². The second-order valence-electron chi connectivity index (χ2n) is 8.63. The SMILES string of the molecule is O=C(Nc1nnc(SCc2ccc(F)cc2)s1)C12CC3CC(CC(Cl)(C3)C1)C2. The zero-order valence-corrected chi connectivity index (χ0v) is 17.7.